The van der Waals surface area contributed by atoms with Gasteiger partial charge in [0.05, 0.1) is 46.9 Å². The molecular weight excluding hydrogens is 442 g/mol. The highest BCUT2D eigenvalue weighted by Gasteiger charge is 2.34. The molecule has 0 radical (unpaired) electrons. The van der Waals surface area contributed by atoms with Gasteiger partial charge in [0.25, 0.3) is 0 Å². The van der Waals surface area contributed by atoms with Crippen molar-refractivity contribution in [3.63, 3.8) is 0 Å². The SMILES string of the molecule is O=C(Nc1cc(S(=O)(=O)N2CCCCC2)ccc1N1CCOCC1)C1CCS(=O)(=O)C1. The van der Waals surface area contributed by atoms with E-state index in [1.54, 1.807) is 12.1 Å². The normalized spacial score (nSPS) is 24.8. The van der Waals surface area contributed by atoms with Crippen molar-refractivity contribution in [1.29, 1.82) is 0 Å². The number of amides is 1. The van der Waals surface area contributed by atoms with E-state index in [9.17, 15) is 21.6 Å². The predicted molar refractivity (Wildman–Crippen MR) is 117 cm³/mol. The number of sulfone groups is 1. The number of ether oxygens (including phenoxy) is 1. The number of nitrogens with zero attached hydrogens (tertiary/aromatic N) is 2. The fraction of sp³-hybridized carbons (Fsp3) is 0.650. The highest BCUT2D eigenvalue weighted by molar-refractivity contribution is 7.91. The van der Waals surface area contributed by atoms with Crippen molar-refractivity contribution < 1.29 is 26.4 Å². The maximum Gasteiger partial charge on any atom is 0.243 e. The molecule has 1 aromatic rings. The third kappa shape index (κ3) is 5.05. The Morgan fingerprint density at radius 3 is 2.42 bits per heavy atom. The van der Waals surface area contributed by atoms with Crippen LogP contribution >= 0.6 is 0 Å². The zero-order valence-electron chi connectivity index (χ0n) is 17.5. The number of rotatable bonds is 5. The maximum atomic E-state index is 13.2. The second-order valence-corrected chi connectivity index (χ2v) is 12.5. The molecule has 1 aromatic carbocycles. The van der Waals surface area contributed by atoms with Crippen molar-refractivity contribution in [2.24, 2.45) is 5.92 Å². The van der Waals surface area contributed by atoms with Crippen LogP contribution in [0.5, 0.6) is 0 Å². The average molecular weight is 472 g/mol. The average Bonchev–Trinajstić information content (AvgIpc) is 3.15. The molecule has 0 bridgehead atoms. The van der Waals surface area contributed by atoms with Crippen molar-refractivity contribution in [3.05, 3.63) is 18.2 Å². The van der Waals surface area contributed by atoms with Crippen molar-refractivity contribution >= 4 is 37.1 Å². The zero-order chi connectivity index (χ0) is 22.1. The number of nitrogens with one attached hydrogen (secondary N) is 1. The lowest BCUT2D eigenvalue weighted by atomic mass is 10.1. The first-order valence-electron chi connectivity index (χ1n) is 10.7. The summed E-state index contributed by atoms with van der Waals surface area (Å²) in [4.78, 5) is 15.0. The van der Waals surface area contributed by atoms with Crippen molar-refractivity contribution in [2.75, 3.05) is 61.1 Å². The molecule has 3 fully saturated rings. The minimum absolute atomic E-state index is 0.00475. The van der Waals surface area contributed by atoms with E-state index in [1.807, 2.05) is 4.90 Å². The van der Waals surface area contributed by atoms with E-state index in [2.05, 4.69) is 5.32 Å². The van der Waals surface area contributed by atoms with Crippen molar-refractivity contribution in [1.82, 2.24) is 4.31 Å². The molecule has 9 nitrogen and oxygen atoms in total. The van der Waals surface area contributed by atoms with Gasteiger partial charge in [0.1, 0.15) is 0 Å². The molecule has 3 heterocycles. The molecule has 0 spiro atoms. The van der Waals surface area contributed by atoms with Gasteiger partial charge in [-0.1, -0.05) is 6.42 Å². The summed E-state index contributed by atoms with van der Waals surface area (Å²) in [5.74, 6) is -1.17. The van der Waals surface area contributed by atoms with Crippen LogP contribution in [0.2, 0.25) is 0 Å². The molecule has 31 heavy (non-hydrogen) atoms. The second kappa shape index (κ2) is 9.05. The number of sulfonamides is 1. The first kappa shape index (κ1) is 22.5. The molecule has 0 aromatic heterocycles. The summed E-state index contributed by atoms with van der Waals surface area (Å²) in [6, 6.07) is 4.82. The summed E-state index contributed by atoms with van der Waals surface area (Å²) < 4.78 is 56.8. The summed E-state index contributed by atoms with van der Waals surface area (Å²) in [5.41, 5.74) is 1.12. The Bertz CT molecular complexity index is 1030. The standard InChI is InChI=1S/C20H29N3O6S2/c24-20(16-6-13-30(25,26)15-16)21-18-14-17(31(27,28)23-7-2-1-3-8-23)4-5-19(18)22-9-11-29-12-10-22/h4-5,14,16H,1-3,6-13,15H2,(H,21,24). The van der Waals surface area contributed by atoms with E-state index in [0.29, 0.717) is 45.1 Å². The summed E-state index contributed by atoms with van der Waals surface area (Å²) in [6.45, 7) is 3.33. The van der Waals surface area contributed by atoms with Crippen LogP contribution in [0.4, 0.5) is 11.4 Å². The minimum atomic E-state index is -3.66. The number of benzene rings is 1. The second-order valence-electron chi connectivity index (χ2n) is 8.33. The molecule has 1 N–H and O–H groups in total. The van der Waals surface area contributed by atoms with Gasteiger partial charge in [-0.25, -0.2) is 16.8 Å². The Morgan fingerprint density at radius 2 is 1.77 bits per heavy atom. The molecule has 0 aliphatic carbocycles. The molecular formula is C20H29N3O6S2. The molecule has 172 valence electrons. The van der Waals surface area contributed by atoms with Crippen LogP contribution in [0.1, 0.15) is 25.7 Å². The summed E-state index contributed by atoms with van der Waals surface area (Å²) >= 11 is 0. The summed E-state index contributed by atoms with van der Waals surface area (Å²) in [7, 11) is -6.86. The van der Waals surface area contributed by atoms with Gasteiger partial charge in [-0.15, -0.1) is 0 Å². The lowest BCUT2D eigenvalue weighted by Gasteiger charge is -2.31. The molecule has 3 saturated heterocycles. The van der Waals surface area contributed by atoms with Gasteiger partial charge in [0.2, 0.25) is 15.9 Å². The Morgan fingerprint density at radius 1 is 1.06 bits per heavy atom. The third-order valence-electron chi connectivity index (χ3n) is 6.13. The number of hydrogen-bond donors (Lipinski definition) is 1. The quantitative estimate of drug-likeness (QED) is 0.683. The Labute approximate surface area is 183 Å². The molecule has 1 unspecified atom stereocenters. The number of piperidine rings is 1. The molecule has 1 amide bonds. The van der Waals surface area contributed by atoms with E-state index >= 15 is 0 Å². The van der Waals surface area contributed by atoms with Crippen LogP contribution in [0.15, 0.2) is 23.1 Å². The van der Waals surface area contributed by atoms with Gasteiger partial charge in [0, 0.05) is 26.2 Å². The Hall–Kier alpha value is -1.69. The highest BCUT2D eigenvalue weighted by Crippen LogP contribution is 2.32. The van der Waals surface area contributed by atoms with Crippen LogP contribution in [0.25, 0.3) is 0 Å². The van der Waals surface area contributed by atoms with E-state index in [4.69, 9.17) is 4.74 Å². The largest absolute Gasteiger partial charge is 0.378 e. The number of morpholine rings is 1. The molecule has 1 atom stereocenters. The molecule has 4 rings (SSSR count). The fourth-order valence-corrected chi connectivity index (χ4v) is 7.63. The van der Waals surface area contributed by atoms with E-state index < -0.39 is 25.8 Å². The molecule has 3 aliphatic heterocycles. The monoisotopic (exact) mass is 471 g/mol. The first-order valence-corrected chi connectivity index (χ1v) is 14.0. The zero-order valence-corrected chi connectivity index (χ0v) is 19.1. The smallest absolute Gasteiger partial charge is 0.243 e. The van der Waals surface area contributed by atoms with Crippen LogP contribution < -0.4 is 10.2 Å². The van der Waals surface area contributed by atoms with Crippen LogP contribution in [-0.2, 0) is 29.4 Å². The predicted octanol–water partition coefficient (Wildman–Crippen LogP) is 1.07. The minimum Gasteiger partial charge on any atom is -0.378 e. The van der Waals surface area contributed by atoms with Crippen LogP contribution in [-0.4, -0.2) is 77.9 Å². The Kier molecular flexibility index (Phi) is 6.57. The summed E-state index contributed by atoms with van der Waals surface area (Å²) in [6.07, 6.45) is 2.98. The van der Waals surface area contributed by atoms with Gasteiger partial charge in [-0.3, -0.25) is 4.79 Å². The Balaban J connectivity index is 1.64. The van der Waals surface area contributed by atoms with Crippen molar-refractivity contribution in [3.8, 4) is 0 Å². The van der Waals surface area contributed by atoms with E-state index in [0.717, 1.165) is 24.9 Å². The lowest BCUT2D eigenvalue weighted by Crippen LogP contribution is -2.37. The van der Waals surface area contributed by atoms with Gasteiger partial charge in [-0.2, -0.15) is 4.31 Å². The molecule has 0 saturated carbocycles. The topological polar surface area (TPSA) is 113 Å². The van der Waals surface area contributed by atoms with Crippen LogP contribution in [0.3, 0.4) is 0 Å². The van der Waals surface area contributed by atoms with Gasteiger partial charge >= 0.3 is 0 Å². The van der Waals surface area contributed by atoms with E-state index in [-0.39, 0.29) is 28.7 Å². The van der Waals surface area contributed by atoms with Gasteiger partial charge in [-0.05, 0) is 37.5 Å². The van der Waals surface area contributed by atoms with E-state index in [1.165, 1.54) is 10.4 Å². The molecule has 3 aliphatic rings. The highest BCUT2D eigenvalue weighted by atomic mass is 32.2. The number of carbonyl (C=O) groups is 1. The number of carbonyl (C=O) groups excluding carboxylic acids is 1. The fourth-order valence-electron chi connectivity index (χ4n) is 4.35. The lowest BCUT2D eigenvalue weighted by molar-refractivity contribution is -0.119. The number of anilines is 2. The van der Waals surface area contributed by atoms with Gasteiger partial charge < -0.3 is 15.0 Å². The summed E-state index contributed by atoms with van der Waals surface area (Å²) in [5, 5.41) is 2.83. The van der Waals surface area contributed by atoms with Crippen molar-refractivity contribution in [2.45, 2.75) is 30.6 Å². The third-order valence-corrected chi connectivity index (χ3v) is 9.80. The molecule has 11 heteroatoms. The van der Waals surface area contributed by atoms with Crippen LogP contribution in [0, 0.1) is 5.92 Å². The maximum absolute atomic E-state index is 13.2. The van der Waals surface area contributed by atoms with Gasteiger partial charge in [0.15, 0.2) is 9.84 Å². The number of hydrogen-bond acceptors (Lipinski definition) is 7. The first-order chi connectivity index (χ1) is 14.8.